The summed E-state index contributed by atoms with van der Waals surface area (Å²) in [7, 11) is 0. The van der Waals surface area contributed by atoms with Gasteiger partial charge in [0.1, 0.15) is 0 Å². The standard InChI is InChI=1S/C15H20Cl2N2O2.ClH/c1-15(6-3-7-18-9-15)14(21)19-8-12(20)13-10(16)4-2-5-11(13)17;/h2,4-5,12,18,20H,3,6-9H2,1H3,(H,19,21);1H. The SMILES string of the molecule is CC1(C(=O)NCC(O)c2c(Cl)cccc2Cl)CCCNC1.Cl. The van der Waals surface area contributed by atoms with Crippen LogP contribution in [0.25, 0.3) is 0 Å². The van der Waals surface area contributed by atoms with E-state index in [4.69, 9.17) is 23.2 Å². The monoisotopic (exact) mass is 366 g/mol. The van der Waals surface area contributed by atoms with Gasteiger partial charge in [-0.2, -0.15) is 0 Å². The number of hydrogen-bond donors (Lipinski definition) is 3. The Labute approximate surface area is 147 Å². The second-order valence-electron chi connectivity index (χ2n) is 5.70. The van der Waals surface area contributed by atoms with E-state index in [0.29, 0.717) is 22.2 Å². The summed E-state index contributed by atoms with van der Waals surface area (Å²) >= 11 is 12.1. The van der Waals surface area contributed by atoms with Gasteiger partial charge in [0.05, 0.1) is 11.5 Å². The van der Waals surface area contributed by atoms with E-state index in [1.54, 1.807) is 18.2 Å². The molecule has 0 aliphatic carbocycles. The van der Waals surface area contributed by atoms with Gasteiger partial charge in [-0.1, -0.05) is 29.3 Å². The van der Waals surface area contributed by atoms with E-state index in [0.717, 1.165) is 19.4 Å². The topological polar surface area (TPSA) is 61.4 Å². The first-order valence-electron chi connectivity index (χ1n) is 7.05. The Kier molecular flexibility index (Phi) is 7.42. The molecule has 7 heteroatoms. The molecular weight excluding hydrogens is 347 g/mol. The lowest BCUT2D eigenvalue weighted by Gasteiger charge is -2.33. The number of carbonyl (C=O) groups excluding carboxylic acids is 1. The second-order valence-corrected chi connectivity index (χ2v) is 6.52. The quantitative estimate of drug-likeness (QED) is 0.767. The number of amides is 1. The lowest BCUT2D eigenvalue weighted by Crippen LogP contribution is -2.49. The lowest BCUT2D eigenvalue weighted by molar-refractivity contribution is -0.131. The predicted molar refractivity (Wildman–Crippen MR) is 91.9 cm³/mol. The third-order valence-electron chi connectivity index (χ3n) is 3.93. The maximum Gasteiger partial charge on any atom is 0.227 e. The molecule has 4 nitrogen and oxygen atoms in total. The summed E-state index contributed by atoms with van der Waals surface area (Å²) in [5.41, 5.74) is 0.0236. The van der Waals surface area contributed by atoms with E-state index in [2.05, 4.69) is 10.6 Å². The molecule has 1 aliphatic heterocycles. The smallest absolute Gasteiger partial charge is 0.227 e. The zero-order valence-electron chi connectivity index (χ0n) is 12.4. The largest absolute Gasteiger partial charge is 0.386 e. The lowest BCUT2D eigenvalue weighted by atomic mass is 9.82. The summed E-state index contributed by atoms with van der Waals surface area (Å²) < 4.78 is 0. The van der Waals surface area contributed by atoms with E-state index < -0.39 is 11.5 Å². The number of benzene rings is 1. The summed E-state index contributed by atoms with van der Waals surface area (Å²) in [5.74, 6) is -0.0584. The van der Waals surface area contributed by atoms with Crippen LogP contribution in [0.15, 0.2) is 18.2 Å². The van der Waals surface area contributed by atoms with Gasteiger partial charge in [0, 0.05) is 28.7 Å². The zero-order valence-corrected chi connectivity index (χ0v) is 14.7. The molecule has 1 saturated heterocycles. The number of hydrogen-bond acceptors (Lipinski definition) is 3. The average Bonchev–Trinajstić information content (AvgIpc) is 2.45. The molecule has 2 rings (SSSR count). The molecule has 1 heterocycles. The summed E-state index contributed by atoms with van der Waals surface area (Å²) in [4.78, 5) is 12.3. The fraction of sp³-hybridized carbons (Fsp3) is 0.533. The van der Waals surface area contributed by atoms with Crippen molar-refractivity contribution in [2.75, 3.05) is 19.6 Å². The van der Waals surface area contributed by atoms with Crippen LogP contribution >= 0.6 is 35.6 Å². The molecule has 2 unspecified atom stereocenters. The van der Waals surface area contributed by atoms with Crippen molar-refractivity contribution >= 4 is 41.5 Å². The van der Waals surface area contributed by atoms with Crippen molar-refractivity contribution in [3.8, 4) is 0 Å². The Bertz CT molecular complexity index is 499. The summed E-state index contributed by atoms with van der Waals surface area (Å²) in [6.07, 6.45) is 0.896. The molecule has 1 aliphatic rings. The molecule has 0 bridgehead atoms. The first-order valence-corrected chi connectivity index (χ1v) is 7.80. The average molecular weight is 368 g/mol. The number of halogens is 3. The Morgan fingerprint density at radius 2 is 2.09 bits per heavy atom. The highest BCUT2D eigenvalue weighted by atomic mass is 35.5. The van der Waals surface area contributed by atoms with E-state index in [9.17, 15) is 9.90 Å². The van der Waals surface area contributed by atoms with Crippen molar-refractivity contribution in [3.05, 3.63) is 33.8 Å². The van der Waals surface area contributed by atoms with Crippen LogP contribution in [0.5, 0.6) is 0 Å². The molecule has 0 saturated carbocycles. The zero-order chi connectivity index (χ0) is 15.5. The Morgan fingerprint density at radius 1 is 1.45 bits per heavy atom. The minimum atomic E-state index is -0.921. The van der Waals surface area contributed by atoms with Crippen molar-refractivity contribution < 1.29 is 9.90 Å². The maximum atomic E-state index is 12.3. The third kappa shape index (κ3) is 4.49. The highest BCUT2D eigenvalue weighted by Crippen LogP contribution is 2.30. The normalized spacial score (nSPS) is 22.5. The number of aliphatic hydroxyl groups is 1. The van der Waals surface area contributed by atoms with Crippen LogP contribution < -0.4 is 10.6 Å². The highest BCUT2D eigenvalue weighted by Gasteiger charge is 2.34. The van der Waals surface area contributed by atoms with Crippen molar-refractivity contribution in [3.63, 3.8) is 0 Å². The van der Waals surface area contributed by atoms with Crippen molar-refractivity contribution in [1.29, 1.82) is 0 Å². The van der Waals surface area contributed by atoms with Gasteiger partial charge in [-0.25, -0.2) is 0 Å². The van der Waals surface area contributed by atoms with Crippen LogP contribution in [0, 0.1) is 5.41 Å². The molecule has 1 amide bonds. The third-order valence-corrected chi connectivity index (χ3v) is 4.59. The second kappa shape index (κ2) is 8.37. The van der Waals surface area contributed by atoms with Gasteiger partial charge in [-0.15, -0.1) is 12.4 Å². The molecule has 2 atom stereocenters. The van der Waals surface area contributed by atoms with Crippen molar-refractivity contribution in [2.45, 2.75) is 25.9 Å². The molecule has 1 aromatic rings. The summed E-state index contributed by atoms with van der Waals surface area (Å²) in [5, 5.41) is 17.0. The Balaban J connectivity index is 0.00000242. The Morgan fingerprint density at radius 3 is 2.64 bits per heavy atom. The minimum absolute atomic E-state index is 0. The molecule has 0 radical (unpaired) electrons. The van der Waals surface area contributed by atoms with Gasteiger partial charge >= 0.3 is 0 Å². The number of rotatable bonds is 4. The molecule has 0 spiro atoms. The van der Waals surface area contributed by atoms with Gasteiger partial charge in [-0.3, -0.25) is 4.79 Å². The van der Waals surface area contributed by atoms with Crippen LogP contribution in [-0.2, 0) is 4.79 Å². The number of nitrogens with one attached hydrogen (secondary N) is 2. The van der Waals surface area contributed by atoms with Crippen molar-refractivity contribution in [1.82, 2.24) is 10.6 Å². The highest BCUT2D eigenvalue weighted by molar-refractivity contribution is 6.36. The molecule has 22 heavy (non-hydrogen) atoms. The van der Waals surface area contributed by atoms with Gasteiger partial charge in [0.2, 0.25) is 5.91 Å². The fourth-order valence-electron chi connectivity index (χ4n) is 2.58. The van der Waals surface area contributed by atoms with Crippen LogP contribution in [0.1, 0.15) is 31.4 Å². The number of piperidine rings is 1. The molecule has 124 valence electrons. The van der Waals surface area contributed by atoms with E-state index >= 15 is 0 Å². The van der Waals surface area contributed by atoms with Crippen LogP contribution in [0.2, 0.25) is 10.0 Å². The molecule has 0 aromatic heterocycles. The predicted octanol–water partition coefficient (Wildman–Crippen LogP) is 2.95. The number of carbonyl (C=O) groups is 1. The molecule has 1 fully saturated rings. The van der Waals surface area contributed by atoms with Gasteiger partial charge < -0.3 is 15.7 Å². The Hall–Kier alpha value is -0.520. The van der Waals surface area contributed by atoms with Crippen LogP contribution in [-0.4, -0.2) is 30.6 Å². The van der Waals surface area contributed by atoms with E-state index in [1.165, 1.54) is 0 Å². The van der Waals surface area contributed by atoms with Gasteiger partial charge in [-0.05, 0) is 38.4 Å². The number of aliphatic hydroxyl groups excluding tert-OH is 1. The van der Waals surface area contributed by atoms with E-state index in [1.807, 2.05) is 6.92 Å². The molecule has 3 N–H and O–H groups in total. The van der Waals surface area contributed by atoms with E-state index in [-0.39, 0.29) is 24.9 Å². The summed E-state index contributed by atoms with van der Waals surface area (Å²) in [6.45, 7) is 3.63. The van der Waals surface area contributed by atoms with Crippen molar-refractivity contribution in [2.24, 2.45) is 5.41 Å². The summed E-state index contributed by atoms with van der Waals surface area (Å²) in [6, 6.07) is 5.05. The maximum absolute atomic E-state index is 12.3. The molecule has 1 aromatic carbocycles. The van der Waals surface area contributed by atoms with Crippen LogP contribution in [0.4, 0.5) is 0 Å². The van der Waals surface area contributed by atoms with Crippen LogP contribution in [0.3, 0.4) is 0 Å². The first-order chi connectivity index (χ1) is 9.94. The first kappa shape index (κ1) is 19.5. The fourth-order valence-corrected chi connectivity index (χ4v) is 3.23. The van der Waals surface area contributed by atoms with Gasteiger partial charge in [0.25, 0.3) is 0 Å². The van der Waals surface area contributed by atoms with Gasteiger partial charge in [0.15, 0.2) is 0 Å². The minimum Gasteiger partial charge on any atom is -0.386 e. The molecular formula is C15H21Cl3N2O2.